The molecule has 0 spiro atoms. The Morgan fingerprint density at radius 3 is 3.18 bits per heavy atom. The normalized spacial score (nSPS) is 22.8. The molecule has 5 heteroatoms. The summed E-state index contributed by atoms with van der Waals surface area (Å²) in [7, 11) is 0. The fraction of sp³-hybridized carbons (Fsp3) is 0.500. The average molecular weight is 234 g/mol. The molecule has 0 saturated carbocycles. The van der Waals surface area contributed by atoms with Crippen molar-refractivity contribution in [2.45, 2.75) is 25.5 Å². The predicted molar refractivity (Wildman–Crippen MR) is 63.1 cm³/mol. The first-order chi connectivity index (χ1) is 8.25. The van der Waals surface area contributed by atoms with Gasteiger partial charge in [0, 0.05) is 29.9 Å². The zero-order valence-corrected chi connectivity index (χ0v) is 9.46. The zero-order valence-electron chi connectivity index (χ0n) is 9.46. The van der Waals surface area contributed by atoms with Gasteiger partial charge in [-0.15, -0.1) is 0 Å². The highest BCUT2D eigenvalue weighted by atomic mass is 16.6. The fourth-order valence-electron chi connectivity index (χ4n) is 2.71. The van der Waals surface area contributed by atoms with Crippen molar-refractivity contribution in [3.8, 4) is 0 Å². The maximum atomic E-state index is 10.8. The van der Waals surface area contributed by atoms with Crippen LogP contribution in [-0.4, -0.2) is 24.1 Å². The van der Waals surface area contributed by atoms with Crippen LogP contribution in [-0.2, 0) is 11.3 Å². The van der Waals surface area contributed by atoms with E-state index in [1.807, 2.05) is 6.07 Å². The predicted octanol–water partition coefficient (Wildman–Crippen LogP) is 2.09. The van der Waals surface area contributed by atoms with Gasteiger partial charge in [0.15, 0.2) is 0 Å². The van der Waals surface area contributed by atoms with Crippen molar-refractivity contribution in [3.05, 3.63) is 33.9 Å². The quantitative estimate of drug-likeness (QED) is 0.551. The molecule has 0 radical (unpaired) electrons. The van der Waals surface area contributed by atoms with Crippen molar-refractivity contribution >= 4 is 11.4 Å². The molecule has 0 aromatic heterocycles. The van der Waals surface area contributed by atoms with Crippen LogP contribution < -0.4 is 4.90 Å². The Bertz CT molecular complexity index is 461. The van der Waals surface area contributed by atoms with E-state index in [1.165, 1.54) is 6.42 Å². The van der Waals surface area contributed by atoms with E-state index in [4.69, 9.17) is 4.74 Å². The number of nitro groups is 1. The van der Waals surface area contributed by atoms with Crippen molar-refractivity contribution in [1.82, 2.24) is 0 Å². The second kappa shape index (κ2) is 4.00. The number of anilines is 1. The van der Waals surface area contributed by atoms with Gasteiger partial charge in [-0.05, 0) is 18.9 Å². The minimum atomic E-state index is -0.355. The maximum Gasteiger partial charge on any atom is 0.269 e. The lowest BCUT2D eigenvalue weighted by Gasteiger charge is -2.24. The van der Waals surface area contributed by atoms with Crippen molar-refractivity contribution < 1.29 is 9.66 Å². The van der Waals surface area contributed by atoms with Gasteiger partial charge in [0.2, 0.25) is 0 Å². The molecule has 2 aliphatic rings. The first-order valence-electron chi connectivity index (χ1n) is 5.87. The van der Waals surface area contributed by atoms with E-state index in [0.717, 1.165) is 30.8 Å². The maximum absolute atomic E-state index is 10.8. The minimum absolute atomic E-state index is 0.144. The SMILES string of the molecule is O=[N+]([O-])c1ccc2c(c1)COC[C@@H]1CCCN21. The molecule has 0 N–H and O–H groups in total. The monoisotopic (exact) mass is 234 g/mol. The van der Waals surface area contributed by atoms with Crippen LogP contribution in [0.1, 0.15) is 18.4 Å². The Morgan fingerprint density at radius 2 is 2.35 bits per heavy atom. The third-order valence-corrected chi connectivity index (χ3v) is 3.53. The van der Waals surface area contributed by atoms with Crippen molar-refractivity contribution in [2.75, 3.05) is 18.1 Å². The lowest BCUT2D eigenvalue weighted by atomic mass is 10.1. The van der Waals surface area contributed by atoms with Crippen molar-refractivity contribution in [1.29, 1.82) is 0 Å². The smallest absolute Gasteiger partial charge is 0.269 e. The Hall–Kier alpha value is -1.62. The molecule has 1 saturated heterocycles. The number of hydrogen-bond donors (Lipinski definition) is 0. The van der Waals surface area contributed by atoms with E-state index in [1.54, 1.807) is 12.1 Å². The van der Waals surface area contributed by atoms with Gasteiger partial charge in [-0.25, -0.2) is 0 Å². The number of nitro benzene ring substituents is 1. The molecule has 0 amide bonds. The molecule has 90 valence electrons. The van der Waals surface area contributed by atoms with Crippen molar-refractivity contribution in [3.63, 3.8) is 0 Å². The van der Waals surface area contributed by atoms with Crippen LogP contribution in [0, 0.1) is 10.1 Å². The molecule has 3 rings (SSSR count). The third-order valence-electron chi connectivity index (χ3n) is 3.53. The Balaban J connectivity index is 2.03. The van der Waals surface area contributed by atoms with E-state index in [-0.39, 0.29) is 10.6 Å². The van der Waals surface area contributed by atoms with E-state index < -0.39 is 0 Å². The molecule has 1 fully saturated rings. The topological polar surface area (TPSA) is 55.6 Å². The number of ether oxygens (including phenoxy) is 1. The van der Waals surface area contributed by atoms with Gasteiger partial charge >= 0.3 is 0 Å². The number of rotatable bonds is 1. The van der Waals surface area contributed by atoms with Gasteiger partial charge in [0.1, 0.15) is 0 Å². The first kappa shape index (κ1) is 10.5. The molecule has 2 aliphatic heterocycles. The lowest BCUT2D eigenvalue weighted by Crippen LogP contribution is -2.31. The number of hydrogen-bond acceptors (Lipinski definition) is 4. The van der Waals surface area contributed by atoms with E-state index in [0.29, 0.717) is 12.6 Å². The first-order valence-corrected chi connectivity index (χ1v) is 5.87. The molecule has 0 unspecified atom stereocenters. The summed E-state index contributed by atoms with van der Waals surface area (Å²) in [6, 6.07) is 5.52. The summed E-state index contributed by atoms with van der Waals surface area (Å²) < 4.78 is 5.61. The molecule has 1 atom stereocenters. The largest absolute Gasteiger partial charge is 0.375 e. The van der Waals surface area contributed by atoms with Crippen LogP contribution in [0.2, 0.25) is 0 Å². The Morgan fingerprint density at radius 1 is 1.47 bits per heavy atom. The van der Waals surface area contributed by atoms with Gasteiger partial charge in [-0.3, -0.25) is 10.1 Å². The molecule has 5 nitrogen and oxygen atoms in total. The van der Waals surface area contributed by atoms with Crippen LogP contribution in [0.5, 0.6) is 0 Å². The van der Waals surface area contributed by atoms with E-state index in [9.17, 15) is 10.1 Å². The summed E-state index contributed by atoms with van der Waals surface area (Å²) in [5.74, 6) is 0. The summed E-state index contributed by atoms with van der Waals surface area (Å²) in [6.45, 7) is 2.23. The average Bonchev–Trinajstić information content (AvgIpc) is 2.71. The summed E-state index contributed by atoms with van der Waals surface area (Å²) in [5, 5.41) is 10.8. The van der Waals surface area contributed by atoms with Crippen molar-refractivity contribution in [2.24, 2.45) is 0 Å². The molecule has 17 heavy (non-hydrogen) atoms. The number of nitrogens with zero attached hydrogens (tertiary/aromatic N) is 2. The highest BCUT2D eigenvalue weighted by molar-refractivity contribution is 5.59. The van der Waals surface area contributed by atoms with Gasteiger partial charge in [0.05, 0.1) is 24.2 Å². The van der Waals surface area contributed by atoms with E-state index in [2.05, 4.69) is 4.90 Å². The van der Waals surface area contributed by atoms with Crippen LogP contribution in [0.4, 0.5) is 11.4 Å². The summed E-state index contributed by atoms with van der Waals surface area (Å²) in [6.07, 6.45) is 2.32. The fourth-order valence-corrected chi connectivity index (χ4v) is 2.71. The standard InChI is InChI=1S/C12H14N2O3/c15-14(16)10-3-4-12-9(6-10)7-17-8-11-2-1-5-13(11)12/h3-4,6,11H,1-2,5,7-8H2/t11-/m0/s1. The second-order valence-electron chi connectivity index (χ2n) is 4.57. The molecule has 2 heterocycles. The number of non-ortho nitro benzene ring substituents is 1. The molecule has 1 aromatic rings. The van der Waals surface area contributed by atoms with Gasteiger partial charge < -0.3 is 9.64 Å². The van der Waals surface area contributed by atoms with E-state index >= 15 is 0 Å². The third kappa shape index (κ3) is 1.76. The van der Waals surface area contributed by atoms with Gasteiger partial charge in [-0.2, -0.15) is 0 Å². The summed E-state index contributed by atoms with van der Waals surface area (Å²) in [5.41, 5.74) is 2.18. The van der Waals surface area contributed by atoms with Crippen LogP contribution in [0.3, 0.4) is 0 Å². The van der Waals surface area contributed by atoms with Gasteiger partial charge in [0.25, 0.3) is 5.69 Å². The minimum Gasteiger partial charge on any atom is -0.375 e. The zero-order chi connectivity index (χ0) is 11.8. The molecule has 0 bridgehead atoms. The Labute approximate surface area is 99.1 Å². The number of fused-ring (bicyclic) bond motifs is 3. The molecule has 1 aromatic carbocycles. The second-order valence-corrected chi connectivity index (χ2v) is 4.57. The lowest BCUT2D eigenvalue weighted by molar-refractivity contribution is -0.384. The molecule has 0 aliphatic carbocycles. The van der Waals surface area contributed by atoms with Crippen LogP contribution in [0.25, 0.3) is 0 Å². The number of benzene rings is 1. The highest BCUT2D eigenvalue weighted by Crippen LogP contribution is 2.34. The summed E-state index contributed by atoms with van der Waals surface area (Å²) in [4.78, 5) is 12.7. The Kier molecular flexibility index (Phi) is 2.48. The van der Waals surface area contributed by atoms with Crippen LogP contribution >= 0.6 is 0 Å². The highest BCUT2D eigenvalue weighted by Gasteiger charge is 2.29. The van der Waals surface area contributed by atoms with Gasteiger partial charge in [-0.1, -0.05) is 0 Å². The molecular weight excluding hydrogens is 220 g/mol. The van der Waals surface area contributed by atoms with Crippen LogP contribution in [0.15, 0.2) is 18.2 Å². The molecular formula is C12H14N2O3. The summed E-state index contributed by atoms with van der Waals surface area (Å²) >= 11 is 0.